The minimum atomic E-state index is -0.725. The van der Waals surface area contributed by atoms with Gasteiger partial charge in [0.15, 0.2) is 0 Å². The molecule has 11 heteroatoms. The van der Waals surface area contributed by atoms with Crippen molar-refractivity contribution in [3.05, 3.63) is 59.0 Å². The van der Waals surface area contributed by atoms with Crippen molar-refractivity contribution in [2.45, 2.75) is 45.0 Å². The van der Waals surface area contributed by atoms with Crippen LogP contribution in [0.15, 0.2) is 36.5 Å². The van der Waals surface area contributed by atoms with Crippen LogP contribution in [0.2, 0.25) is 0 Å². The van der Waals surface area contributed by atoms with Crippen molar-refractivity contribution in [2.24, 2.45) is 0 Å². The predicted molar refractivity (Wildman–Crippen MR) is 141 cm³/mol. The number of Topliss-reactive ketones (excluding diaryl/α,β-unsaturated/α-hetero) is 1. The molecule has 1 aromatic carbocycles. The number of piperazine rings is 1. The summed E-state index contributed by atoms with van der Waals surface area (Å²) >= 11 is 0. The van der Waals surface area contributed by atoms with Gasteiger partial charge in [0, 0.05) is 56.4 Å². The van der Waals surface area contributed by atoms with Crippen molar-refractivity contribution in [1.82, 2.24) is 24.7 Å². The van der Waals surface area contributed by atoms with Gasteiger partial charge in [0.25, 0.3) is 17.6 Å². The normalized spacial score (nSPS) is 21.9. The van der Waals surface area contributed by atoms with E-state index in [9.17, 15) is 23.9 Å². The predicted octanol–water partition coefficient (Wildman–Crippen LogP) is 2.22. The number of likely N-dealkylation sites (tertiary alicyclic amines) is 1. The number of β-amino-alcohol motifs (C(OH)–C–C–N with tert-alkyl or cyclic N) is 1. The minimum Gasteiger partial charge on any atom is -0.480 e. The minimum absolute atomic E-state index is 0.0377. The molecule has 2 aliphatic heterocycles. The van der Waals surface area contributed by atoms with Crippen molar-refractivity contribution >= 4 is 28.6 Å². The Morgan fingerprint density at radius 1 is 1.10 bits per heavy atom. The highest BCUT2D eigenvalue weighted by molar-refractivity contribution is 6.44. The first-order chi connectivity index (χ1) is 18.7. The summed E-state index contributed by atoms with van der Waals surface area (Å²) in [5, 5.41) is 10.1. The lowest BCUT2D eigenvalue weighted by atomic mass is 10.0. The molecule has 0 unspecified atom stereocenters. The zero-order valence-electron chi connectivity index (χ0n) is 22.2. The van der Waals surface area contributed by atoms with Gasteiger partial charge in [-0.2, -0.15) is 4.98 Å². The number of amides is 2. The molecule has 3 aromatic rings. The van der Waals surface area contributed by atoms with Crippen molar-refractivity contribution in [3.63, 3.8) is 0 Å². The highest BCUT2D eigenvalue weighted by Gasteiger charge is 2.35. The van der Waals surface area contributed by atoms with Gasteiger partial charge in [-0.15, -0.1) is 0 Å². The van der Waals surface area contributed by atoms with Crippen LogP contribution >= 0.6 is 0 Å². The van der Waals surface area contributed by atoms with Crippen LogP contribution < -0.4 is 4.74 Å². The molecule has 0 radical (unpaired) electrons. The number of halogens is 1. The van der Waals surface area contributed by atoms with Crippen LogP contribution in [0.1, 0.15) is 46.5 Å². The number of rotatable bonds is 6. The first-order valence-electron chi connectivity index (χ1n) is 13.0. The number of nitrogens with one attached hydrogen (secondary N) is 1. The van der Waals surface area contributed by atoms with E-state index < -0.39 is 17.8 Å². The maximum absolute atomic E-state index is 13.8. The fourth-order valence-electron chi connectivity index (χ4n) is 5.39. The zero-order valence-corrected chi connectivity index (χ0v) is 22.2. The van der Waals surface area contributed by atoms with Crippen LogP contribution in [-0.4, -0.2) is 98.8 Å². The maximum Gasteiger partial charge on any atom is 0.295 e. The summed E-state index contributed by atoms with van der Waals surface area (Å²) in [7, 11) is 1.43. The van der Waals surface area contributed by atoms with Crippen molar-refractivity contribution in [1.29, 1.82) is 0 Å². The second-order valence-corrected chi connectivity index (χ2v) is 10.4. The van der Waals surface area contributed by atoms with E-state index in [2.05, 4.69) is 14.9 Å². The molecule has 0 bridgehead atoms. The van der Waals surface area contributed by atoms with E-state index in [1.165, 1.54) is 30.3 Å². The molecule has 4 heterocycles. The Labute approximate surface area is 225 Å². The summed E-state index contributed by atoms with van der Waals surface area (Å²) in [5.74, 6) is -1.86. The van der Waals surface area contributed by atoms with E-state index in [-0.39, 0.29) is 47.4 Å². The number of H-pyrrole nitrogens is 1. The third kappa shape index (κ3) is 5.24. The van der Waals surface area contributed by atoms with Gasteiger partial charge in [-0.3, -0.25) is 19.3 Å². The number of ketones is 1. The molecule has 2 saturated heterocycles. The molecule has 10 nitrogen and oxygen atoms in total. The number of nitrogens with zero attached hydrogens (tertiary/aromatic N) is 4. The van der Waals surface area contributed by atoms with E-state index in [0.717, 1.165) is 5.56 Å². The Hall–Kier alpha value is -3.83. The van der Waals surface area contributed by atoms with Gasteiger partial charge >= 0.3 is 0 Å². The average molecular weight is 538 g/mol. The lowest BCUT2D eigenvalue weighted by Gasteiger charge is -2.44. The smallest absolute Gasteiger partial charge is 0.295 e. The zero-order chi connectivity index (χ0) is 27.8. The first-order valence-corrected chi connectivity index (χ1v) is 13.0. The van der Waals surface area contributed by atoms with Crippen LogP contribution in [0.5, 0.6) is 5.88 Å². The third-order valence-electron chi connectivity index (χ3n) is 7.62. The summed E-state index contributed by atoms with van der Waals surface area (Å²) in [4.78, 5) is 52.4. The lowest BCUT2D eigenvalue weighted by molar-refractivity contribution is -0.125. The highest BCUT2D eigenvalue weighted by Crippen LogP contribution is 2.29. The van der Waals surface area contributed by atoms with Gasteiger partial charge in [0.05, 0.1) is 18.8 Å². The van der Waals surface area contributed by atoms with Gasteiger partial charge in [-0.25, -0.2) is 4.39 Å². The molecule has 2 aliphatic rings. The molecule has 2 amide bonds. The first kappa shape index (κ1) is 26.8. The standard InChI is InChI=1S/C28H32FN5O5/c1-16-13-34(17(2)12-33(16)14-18-4-6-19(29)7-5-18)27(37)22-10-21-23(11-30-25(21)31-26(22)39-3)24(36)28(38)32-9-8-20(35)15-32/h4-7,10-11,16-17,20,35H,8-9,12-15H2,1-3H3,(H,30,31)/t16-,17+,20+/m0/s1. The van der Waals surface area contributed by atoms with Gasteiger partial charge < -0.3 is 24.6 Å². The summed E-state index contributed by atoms with van der Waals surface area (Å²) in [6.45, 7) is 6.15. The Morgan fingerprint density at radius 3 is 2.51 bits per heavy atom. The molecule has 39 heavy (non-hydrogen) atoms. The number of pyridine rings is 1. The van der Waals surface area contributed by atoms with E-state index >= 15 is 0 Å². The lowest BCUT2D eigenvalue weighted by Crippen LogP contribution is -2.57. The van der Waals surface area contributed by atoms with Gasteiger partial charge in [-0.05, 0) is 44.0 Å². The number of hydrogen-bond acceptors (Lipinski definition) is 7. The Balaban J connectivity index is 1.38. The fraction of sp³-hybridized carbons (Fsp3) is 0.429. The largest absolute Gasteiger partial charge is 0.480 e. The SMILES string of the molecule is COc1nc2[nH]cc(C(=O)C(=O)N3CC[C@@H](O)C3)c2cc1C(=O)N1C[C@H](C)N(Cc2ccc(F)cc2)C[C@H]1C. The van der Waals surface area contributed by atoms with Crippen molar-refractivity contribution in [2.75, 3.05) is 33.3 Å². The molecule has 206 valence electrons. The number of aliphatic hydroxyl groups is 1. The average Bonchev–Trinajstić information content (AvgIpc) is 3.55. The highest BCUT2D eigenvalue weighted by atomic mass is 19.1. The summed E-state index contributed by atoms with van der Waals surface area (Å²) in [5.41, 5.74) is 1.64. The monoisotopic (exact) mass is 537 g/mol. The Bertz CT molecular complexity index is 1410. The van der Waals surface area contributed by atoms with E-state index in [1.54, 1.807) is 23.1 Å². The molecule has 0 saturated carbocycles. The van der Waals surface area contributed by atoms with Crippen LogP contribution in [0.4, 0.5) is 4.39 Å². The molecule has 3 atom stereocenters. The third-order valence-corrected chi connectivity index (χ3v) is 7.62. The summed E-state index contributed by atoms with van der Waals surface area (Å²) in [6.07, 6.45) is 1.20. The second kappa shape index (κ2) is 10.7. The van der Waals surface area contributed by atoms with Gasteiger partial charge in [-0.1, -0.05) is 12.1 Å². The number of hydrogen-bond donors (Lipinski definition) is 2. The molecular weight excluding hydrogens is 505 g/mol. The number of aromatic nitrogens is 2. The van der Waals surface area contributed by atoms with Gasteiger partial charge in [0.1, 0.15) is 17.0 Å². The van der Waals surface area contributed by atoms with Crippen LogP contribution in [0.3, 0.4) is 0 Å². The van der Waals surface area contributed by atoms with Crippen molar-refractivity contribution < 1.29 is 28.6 Å². The number of ether oxygens (including phenoxy) is 1. The number of fused-ring (bicyclic) bond motifs is 1. The number of methoxy groups -OCH3 is 1. The molecule has 0 spiro atoms. The fourth-order valence-corrected chi connectivity index (χ4v) is 5.39. The molecule has 5 rings (SSSR count). The van der Waals surface area contributed by atoms with Crippen LogP contribution in [0.25, 0.3) is 11.0 Å². The number of carbonyl (C=O) groups excluding carboxylic acids is 3. The second-order valence-electron chi connectivity index (χ2n) is 10.4. The molecule has 2 aromatic heterocycles. The Kier molecular flexibility index (Phi) is 7.37. The molecule has 0 aliphatic carbocycles. The number of benzene rings is 1. The van der Waals surface area contributed by atoms with E-state index in [0.29, 0.717) is 43.6 Å². The maximum atomic E-state index is 13.8. The van der Waals surface area contributed by atoms with Gasteiger partial charge in [0.2, 0.25) is 5.88 Å². The quantitative estimate of drug-likeness (QED) is 0.366. The Morgan fingerprint density at radius 2 is 1.85 bits per heavy atom. The van der Waals surface area contributed by atoms with E-state index in [4.69, 9.17) is 4.74 Å². The summed E-state index contributed by atoms with van der Waals surface area (Å²) in [6, 6.07) is 7.88. The molecule has 2 N–H and O–H groups in total. The van der Waals surface area contributed by atoms with Crippen LogP contribution in [-0.2, 0) is 11.3 Å². The van der Waals surface area contributed by atoms with Crippen molar-refractivity contribution in [3.8, 4) is 5.88 Å². The number of aliphatic hydroxyl groups excluding tert-OH is 1. The molecule has 2 fully saturated rings. The molecular formula is C28H32FN5O5. The topological polar surface area (TPSA) is 119 Å². The summed E-state index contributed by atoms with van der Waals surface area (Å²) < 4.78 is 18.8. The number of aromatic amines is 1. The van der Waals surface area contributed by atoms with Crippen LogP contribution in [0, 0.1) is 5.82 Å². The van der Waals surface area contributed by atoms with E-state index in [1.807, 2.05) is 13.8 Å². The number of carbonyl (C=O) groups is 3.